The van der Waals surface area contributed by atoms with Gasteiger partial charge in [0, 0.05) is 17.9 Å². The number of benzene rings is 3. The Balaban J connectivity index is 1.39. The number of hydrogen-bond donors (Lipinski definition) is 1. The zero-order chi connectivity index (χ0) is 19.9. The molecule has 0 spiro atoms. The van der Waals surface area contributed by atoms with Crippen LogP contribution in [0.15, 0.2) is 78.9 Å². The normalized spacial score (nSPS) is 15.8. The average molecular weight is 387 g/mol. The van der Waals surface area contributed by atoms with Crippen LogP contribution in [0.2, 0.25) is 0 Å². The van der Waals surface area contributed by atoms with Crippen LogP contribution in [0.25, 0.3) is 0 Å². The molecule has 0 bridgehead atoms. The van der Waals surface area contributed by atoms with Crippen LogP contribution in [0.3, 0.4) is 0 Å². The first-order valence-corrected chi connectivity index (χ1v) is 10.1. The lowest BCUT2D eigenvalue weighted by atomic mass is 10.0. The first-order chi connectivity index (χ1) is 14.3. The monoisotopic (exact) mass is 387 g/mol. The highest BCUT2D eigenvalue weighted by Crippen LogP contribution is 2.21. The van der Waals surface area contributed by atoms with Crippen molar-refractivity contribution >= 4 is 11.6 Å². The van der Waals surface area contributed by atoms with Crippen molar-refractivity contribution < 1.29 is 14.3 Å². The Kier molecular flexibility index (Phi) is 6.22. The third-order valence-electron chi connectivity index (χ3n) is 5.08. The van der Waals surface area contributed by atoms with E-state index in [4.69, 9.17) is 9.47 Å². The minimum Gasteiger partial charge on any atom is -0.491 e. The van der Waals surface area contributed by atoms with Crippen LogP contribution in [0.5, 0.6) is 5.75 Å². The van der Waals surface area contributed by atoms with Gasteiger partial charge in [-0.1, -0.05) is 48.5 Å². The van der Waals surface area contributed by atoms with Gasteiger partial charge in [-0.2, -0.15) is 0 Å². The third kappa shape index (κ3) is 5.24. The standard InChI is InChI=1S/C25H25NO3/c27-25(20-12-14-22(15-13-20)29-18-23-10-6-16-28-23)26-24-11-5-4-9-21(24)17-19-7-2-1-3-8-19/h1-5,7-9,11-15,23H,6,10,16-18H2,(H,26,27)/t23-/m0/s1. The van der Waals surface area contributed by atoms with Crippen LogP contribution in [-0.2, 0) is 11.2 Å². The van der Waals surface area contributed by atoms with Gasteiger partial charge < -0.3 is 14.8 Å². The summed E-state index contributed by atoms with van der Waals surface area (Å²) in [7, 11) is 0. The number of amides is 1. The lowest BCUT2D eigenvalue weighted by Gasteiger charge is -2.13. The van der Waals surface area contributed by atoms with Crippen molar-refractivity contribution in [2.45, 2.75) is 25.4 Å². The molecule has 1 amide bonds. The predicted octanol–water partition coefficient (Wildman–Crippen LogP) is 5.09. The van der Waals surface area contributed by atoms with Gasteiger partial charge in [0.15, 0.2) is 0 Å². The van der Waals surface area contributed by atoms with Gasteiger partial charge >= 0.3 is 0 Å². The summed E-state index contributed by atoms with van der Waals surface area (Å²) in [6.45, 7) is 1.37. The molecule has 0 unspecified atom stereocenters. The summed E-state index contributed by atoms with van der Waals surface area (Å²) in [5.41, 5.74) is 3.73. The van der Waals surface area contributed by atoms with Gasteiger partial charge in [-0.3, -0.25) is 4.79 Å². The van der Waals surface area contributed by atoms with E-state index in [-0.39, 0.29) is 12.0 Å². The molecule has 148 valence electrons. The van der Waals surface area contributed by atoms with Crippen molar-refractivity contribution in [1.82, 2.24) is 0 Å². The van der Waals surface area contributed by atoms with Crippen molar-refractivity contribution in [1.29, 1.82) is 0 Å². The Bertz CT molecular complexity index is 932. The predicted molar refractivity (Wildman–Crippen MR) is 115 cm³/mol. The van der Waals surface area contributed by atoms with Crippen LogP contribution in [0.4, 0.5) is 5.69 Å². The minimum absolute atomic E-state index is 0.129. The molecule has 1 aliphatic rings. The van der Waals surface area contributed by atoms with Gasteiger partial charge in [0.1, 0.15) is 12.4 Å². The molecule has 3 aromatic rings. The molecule has 1 heterocycles. The number of anilines is 1. The fourth-order valence-electron chi connectivity index (χ4n) is 3.47. The molecule has 4 heteroatoms. The highest BCUT2D eigenvalue weighted by Gasteiger charge is 2.16. The first kappa shape index (κ1) is 19.2. The summed E-state index contributed by atoms with van der Waals surface area (Å²) in [5.74, 6) is 0.623. The summed E-state index contributed by atoms with van der Waals surface area (Å²) in [6, 6.07) is 25.4. The number of ether oxygens (including phenoxy) is 2. The minimum atomic E-state index is -0.129. The fraction of sp³-hybridized carbons (Fsp3) is 0.240. The van der Waals surface area contributed by atoms with Crippen molar-refractivity contribution in [2.24, 2.45) is 0 Å². The van der Waals surface area contributed by atoms with E-state index in [2.05, 4.69) is 17.4 Å². The third-order valence-corrected chi connectivity index (χ3v) is 5.08. The maximum absolute atomic E-state index is 12.7. The zero-order valence-corrected chi connectivity index (χ0v) is 16.3. The summed E-state index contributed by atoms with van der Waals surface area (Å²) >= 11 is 0. The summed E-state index contributed by atoms with van der Waals surface area (Å²) in [5, 5.41) is 3.04. The molecule has 0 saturated carbocycles. The quantitative estimate of drug-likeness (QED) is 0.614. The Hall–Kier alpha value is -3.11. The molecule has 0 radical (unpaired) electrons. The number of rotatable bonds is 7. The maximum Gasteiger partial charge on any atom is 0.255 e. The molecular formula is C25H25NO3. The lowest BCUT2D eigenvalue weighted by Crippen LogP contribution is -2.16. The SMILES string of the molecule is O=C(Nc1ccccc1Cc1ccccc1)c1ccc(OC[C@@H]2CCCO2)cc1. The molecule has 1 N–H and O–H groups in total. The van der Waals surface area contributed by atoms with E-state index in [0.717, 1.165) is 42.9 Å². The molecule has 1 aliphatic heterocycles. The lowest BCUT2D eigenvalue weighted by molar-refractivity contribution is 0.0679. The second-order valence-electron chi connectivity index (χ2n) is 7.24. The van der Waals surface area contributed by atoms with Gasteiger partial charge in [-0.25, -0.2) is 0 Å². The molecule has 1 saturated heterocycles. The Morgan fingerprint density at radius 3 is 2.48 bits per heavy atom. The van der Waals surface area contributed by atoms with Crippen molar-refractivity contribution in [3.63, 3.8) is 0 Å². The van der Waals surface area contributed by atoms with E-state index in [1.807, 2.05) is 54.6 Å². The van der Waals surface area contributed by atoms with Gasteiger partial charge in [-0.15, -0.1) is 0 Å². The highest BCUT2D eigenvalue weighted by atomic mass is 16.5. The Morgan fingerprint density at radius 1 is 0.966 bits per heavy atom. The smallest absolute Gasteiger partial charge is 0.255 e. The molecule has 1 atom stereocenters. The second kappa shape index (κ2) is 9.39. The topological polar surface area (TPSA) is 47.6 Å². The molecule has 3 aromatic carbocycles. The van der Waals surface area contributed by atoms with Gasteiger partial charge in [0.2, 0.25) is 0 Å². The molecule has 4 nitrogen and oxygen atoms in total. The van der Waals surface area contributed by atoms with E-state index in [0.29, 0.717) is 12.2 Å². The number of carbonyl (C=O) groups is 1. The number of para-hydroxylation sites is 1. The molecule has 0 aliphatic carbocycles. The van der Waals surface area contributed by atoms with E-state index >= 15 is 0 Å². The van der Waals surface area contributed by atoms with E-state index < -0.39 is 0 Å². The van der Waals surface area contributed by atoms with Crippen molar-refractivity contribution in [3.05, 3.63) is 95.6 Å². The number of carbonyl (C=O) groups excluding carboxylic acids is 1. The molecule has 1 fully saturated rings. The van der Waals surface area contributed by atoms with E-state index in [1.54, 1.807) is 12.1 Å². The fourth-order valence-corrected chi connectivity index (χ4v) is 3.47. The molecule has 0 aromatic heterocycles. The van der Waals surface area contributed by atoms with Crippen LogP contribution in [0.1, 0.15) is 34.3 Å². The Morgan fingerprint density at radius 2 is 1.72 bits per heavy atom. The van der Waals surface area contributed by atoms with E-state index in [9.17, 15) is 4.79 Å². The van der Waals surface area contributed by atoms with Crippen molar-refractivity contribution in [2.75, 3.05) is 18.5 Å². The van der Waals surface area contributed by atoms with Crippen LogP contribution >= 0.6 is 0 Å². The summed E-state index contributed by atoms with van der Waals surface area (Å²) < 4.78 is 11.3. The Labute approximate surface area is 171 Å². The van der Waals surface area contributed by atoms with E-state index in [1.165, 1.54) is 5.56 Å². The first-order valence-electron chi connectivity index (χ1n) is 10.1. The van der Waals surface area contributed by atoms with Crippen LogP contribution in [0, 0.1) is 0 Å². The molecule has 4 rings (SSSR count). The number of nitrogens with one attached hydrogen (secondary N) is 1. The van der Waals surface area contributed by atoms with Crippen LogP contribution in [-0.4, -0.2) is 25.2 Å². The average Bonchev–Trinajstić information content (AvgIpc) is 3.28. The zero-order valence-electron chi connectivity index (χ0n) is 16.3. The largest absolute Gasteiger partial charge is 0.491 e. The second-order valence-corrected chi connectivity index (χ2v) is 7.24. The van der Waals surface area contributed by atoms with Gasteiger partial charge in [-0.05, 0) is 60.7 Å². The molecule has 29 heavy (non-hydrogen) atoms. The van der Waals surface area contributed by atoms with Gasteiger partial charge in [0.25, 0.3) is 5.91 Å². The van der Waals surface area contributed by atoms with Gasteiger partial charge in [0.05, 0.1) is 6.10 Å². The summed E-state index contributed by atoms with van der Waals surface area (Å²) in [6.07, 6.45) is 3.09. The maximum atomic E-state index is 12.7. The van der Waals surface area contributed by atoms with Crippen molar-refractivity contribution in [3.8, 4) is 5.75 Å². The molecular weight excluding hydrogens is 362 g/mol. The van der Waals surface area contributed by atoms with Crippen LogP contribution < -0.4 is 10.1 Å². The number of hydrogen-bond acceptors (Lipinski definition) is 3. The summed E-state index contributed by atoms with van der Waals surface area (Å²) in [4.78, 5) is 12.7. The highest BCUT2D eigenvalue weighted by molar-refractivity contribution is 6.04.